The Labute approximate surface area is 175 Å². The lowest BCUT2D eigenvalue weighted by molar-refractivity contribution is 0.0474. The summed E-state index contributed by atoms with van der Waals surface area (Å²) < 4.78 is 32.4. The van der Waals surface area contributed by atoms with Crippen molar-refractivity contribution in [1.82, 2.24) is 4.31 Å². The molecule has 2 aromatic carbocycles. The number of nitrogens with zero attached hydrogens (tertiary/aromatic N) is 1. The first-order chi connectivity index (χ1) is 13.9. The van der Waals surface area contributed by atoms with E-state index in [1.54, 1.807) is 18.2 Å². The molecule has 0 unspecified atom stereocenters. The molecule has 0 spiro atoms. The van der Waals surface area contributed by atoms with Crippen LogP contribution in [-0.2, 0) is 14.8 Å². The second kappa shape index (κ2) is 9.52. The van der Waals surface area contributed by atoms with E-state index in [1.807, 2.05) is 0 Å². The third-order valence-corrected chi connectivity index (χ3v) is 6.88. The molecule has 8 heteroatoms. The molecule has 1 saturated heterocycles. The van der Waals surface area contributed by atoms with Crippen LogP contribution in [0.4, 0.5) is 0 Å². The van der Waals surface area contributed by atoms with Crippen molar-refractivity contribution in [2.45, 2.75) is 30.6 Å². The molecule has 0 radical (unpaired) electrons. The summed E-state index contributed by atoms with van der Waals surface area (Å²) in [5, 5.41) is 0.411. The van der Waals surface area contributed by atoms with Gasteiger partial charge in [0.05, 0.1) is 10.5 Å². The molecule has 0 bridgehead atoms. The number of Topliss-reactive ketones (excluding diaryl/α,β-unsaturated/α-hetero) is 1. The molecule has 1 aliphatic heterocycles. The van der Waals surface area contributed by atoms with Gasteiger partial charge in [0.1, 0.15) is 0 Å². The first-order valence-corrected chi connectivity index (χ1v) is 11.3. The number of rotatable bonds is 6. The molecule has 0 aromatic heterocycles. The van der Waals surface area contributed by atoms with E-state index in [1.165, 1.54) is 34.6 Å². The Kier molecular flexibility index (Phi) is 7.05. The Balaban J connectivity index is 1.69. The average molecular weight is 436 g/mol. The largest absolute Gasteiger partial charge is 0.454 e. The molecule has 0 saturated carbocycles. The third-order valence-electron chi connectivity index (χ3n) is 4.75. The normalized spacial score (nSPS) is 15.5. The monoisotopic (exact) mass is 435 g/mol. The average Bonchev–Trinajstić information content (AvgIpc) is 3.02. The summed E-state index contributed by atoms with van der Waals surface area (Å²) in [6, 6.07) is 12.1. The highest BCUT2D eigenvalue weighted by Crippen LogP contribution is 2.21. The van der Waals surface area contributed by atoms with E-state index < -0.39 is 28.4 Å². The Morgan fingerprint density at radius 2 is 1.59 bits per heavy atom. The van der Waals surface area contributed by atoms with Gasteiger partial charge in [-0.1, -0.05) is 42.6 Å². The summed E-state index contributed by atoms with van der Waals surface area (Å²) in [6.45, 7) is 0.499. The van der Waals surface area contributed by atoms with Gasteiger partial charge in [-0.25, -0.2) is 13.2 Å². The van der Waals surface area contributed by atoms with Crippen LogP contribution in [0.5, 0.6) is 0 Å². The van der Waals surface area contributed by atoms with Gasteiger partial charge in [-0.15, -0.1) is 0 Å². The molecular formula is C21H22ClNO5S. The van der Waals surface area contributed by atoms with Gasteiger partial charge in [0.15, 0.2) is 12.4 Å². The van der Waals surface area contributed by atoms with Crippen molar-refractivity contribution in [1.29, 1.82) is 0 Å². The zero-order chi connectivity index (χ0) is 20.9. The van der Waals surface area contributed by atoms with Gasteiger partial charge < -0.3 is 4.74 Å². The Bertz CT molecular complexity index is 998. The predicted octanol–water partition coefficient (Wildman–Crippen LogP) is 3.94. The second-order valence-corrected chi connectivity index (χ2v) is 9.23. The molecule has 0 N–H and O–H groups in total. The van der Waals surface area contributed by atoms with Crippen LogP contribution in [0.15, 0.2) is 53.4 Å². The predicted molar refractivity (Wildman–Crippen MR) is 110 cm³/mol. The van der Waals surface area contributed by atoms with Crippen molar-refractivity contribution in [2.75, 3.05) is 19.7 Å². The zero-order valence-electron chi connectivity index (χ0n) is 15.8. The van der Waals surface area contributed by atoms with Crippen molar-refractivity contribution in [3.05, 3.63) is 64.7 Å². The molecule has 3 rings (SSSR count). The molecule has 2 aromatic rings. The van der Waals surface area contributed by atoms with Crippen LogP contribution in [0.3, 0.4) is 0 Å². The number of esters is 1. The molecule has 0 atom stereocenters. The van der Waals surface area contributed by atoms with Crippen molar-refractivity contribution in [3.63, 3.8) is 0 Å². The summed E-state index contributed by atoms with van der Waals surface area (Å²) in [6.07, 6.45) is 3.68. The number of ketones is 1. The lowest BCUT2D eigenvalue weighted by Gasteiger charge is -2.20. The molecule has 0 aliphatic carbocycles. The molecule has 6 nitrogen and oxygen atoms in total. The minimum absolute atomic E-state index is 0.0509. The zero-order valence-corrected chi connectivity index (χ0v) is 17.4. The van der Waals surface area contributed by atoms with Crippen LogP contribution in [0.1, 0.15) is 46.4 Å². The lowest BCUT2D eigenvalue weighted by atomic mass is 10.1. The van der Waals surface area contributed by atoms with Crippen LogP contribution >= 0.6 is 11.6 Å². The van der Waals surface area contributed by atoms with Crippen molar-refractivity contribution in [3.8, 4) is 0 Å². The molecule has 1 heterocycles. The number of benzene rings is 2. The van der Waals surface area contributed by atoms with Gasteiger partial charge in [-0.05, 0) is 43.2 Å². The number of hydrogen-bond donors (Lipinski definition) is 0. The van der Waals surface area contributed by atoms with Crippen molar-refractivity contribution >= 4 is 33.4 Å². The number of hydrogen-bond acceptors (Lipinski definition) is 5. The summed E-state index contributed by atoms with van der Waals surface area (Å²) in [7, 11) is -3.68. The van der Waals surface area contributed by atoms with E-state index in [0.717, 1.165) is 25.7 Å². The van der Waals surface area contributed by atoms with Crippen LogP contribution in [0, 0.1) is 0 Å². The van der Waals surface area contributed by atoms with Gasteiger partial charge in [-0.3, -0.25) is 4.79 Å². The minimum atomic E-state index is -3.68. The first-order valence-electron chi connectivity index (χ1n) is 9.44. The Morgan fingerprint density at radius 3 is 2.28 bits per heavy atom. The fourth-order valence-electron chi connectivity index (χ4n) is 3.17. The highest BCUT2D eigenvalue weighted by atomic mass is 35.5. The second-order valence-electron chi connectivity index (χ2n) is 6.86. The Morgan fingerprint density at radius 1 is 0.931 bits per heavy atom. The van der Waals surface area contributed by atoms with Gasteiger partial charge in [0.2, 0.25) is 10.0 Å². The summed E-state index contributed by atoms with van der Waals surface area (Å²) in [5.41, 5.74) is 0.419. The number of sulfonamides is 1. The number of carbonyl (C=O) groups is 2. The maximum Gasteiger partial charge on any atom is 0.338 e. The molecule has 1 aliphatic rings. The molecule has 0 amide bonds. The fraction of sp³-hybridized carbons (Fsp3) is 0.333. The van der Waals surface area contributed by atoms with Crippen LogP contribution in [0.25, 0.3) is 0 Å². The minimum Gasteiger partial charge on any atom is -0.454 e. The molecular weight excluding hydrogens is 414 g/mol. The summed E-state index contributed by atoms with van der Waals surface area (Å²) in [4.78, 5) is 24.6. The molecule has 29 heavy (non-hydrogen) atoms. The summed E-state index contributed by atoms with van der Waals surface area (Å²) >= 11 is 5.86. The van der Waals surface area contributed by atoms with E-state index in [0.29, 0.717) is 23.7 Å². The summed E-state index contributed by atoms with van der Waals surface area (Å²) in [5.74, 6) is -1.15. The van der Waals surface area contributed by atoms with Gasteiger partial charge in [0.25, 0.3) is 0 Å². The quantitative estimate of drug-likeness (QED) is 0.507. The fourth-order valence-corrected chi connectivity index (χ4v) is 4.93. The van der Waals surface area contributed by atoms with Crippen LogP contribution in [0.2, 0.25) is 5.02 Å². The van der Waals surface area contributed by atoms with Crippen LogP contribution in [-0.4, -0.2) is 44.2 Å². The maximum atomic E-state index is 12.9. The first kappa shape index (κ1) is 21.5. The topological polar surface area (TPSA) is 80.8 Å². The maximum absolute atomic E-state index is 12.9. The van der Waals surface area contributed by atoms with E-state index in [4.69, 9.17) is 16.3 Å². The van der Waals surface area contributed by atoms with Gasteiger partial charge in [0, 0.05) is 23.7 Å². The van der Waals surface area contributed by atoms with E-state index in [-0.39, 0.29) is 10.5 Å². The lowest BCUT2D eigenvalue weighted by Crippen LogP contribution is -2.32. The molecule has 1 fully saturated rings. The number of ether oxygens (including phenoxy) is 1. The third kappa shape index (κ3) is 5.44. The van der Waals surface area contributed by atoms with E-state index >= 15 is 0 Å². The van der Waals surface area contributed by atoms with Gasteiger partial charge in [-0.2, -0.15) is 4.31 Å². The smallest absolute Gasteiger partial charge is 0.338 e. The van der Waals surface area contributed by atoms with Crippen molar-refractivity contribution < 1.29 is 22.7 Å². The van der Waals surface area contributed by atoms with E-state index in [9.17, 15) is 18.0 Å². The Hall–Kier alpha value is -2.22. The van der Waals surface area contributed by atoms with Gasteiger partial charge >= 0.3 is 5.97 Å². The standard InChI is InChI=1S/C21H22ClNO5S/c22-18-9-5-7-16(13-18)20(24)15-28-21(25)17-8-6-10-19(14-17)29(26,27)23-11-3-1-2-4-12-23/h5-10,13-14H,1-4,11-12,15H2. The van der Waals surface area contributed by atoms with E-state index in [2.05, 4.69) is 0 Å². The van der Waals surface area contributed by atoms with Crippen LogP contribution < -0.4 is 0 Å². The number of carbonyl (C=O) groups excluding carboxylic acids is 2. The highest BCUT2D eigenvalue weighted by molar-refractivity contribution is 7.89. The highest BCUT2D eigenvalue weighted by Gasteiger charge is 2.26. The van der Waals surface area contributed by atoms with Crippen molar-refractivity contribution in [2.24, 2.45) is 0 Å². The number of halogens is 1. The SMILES string of the molecule is O=C(COC(=O)c1cccc(S(=O)(=O)N2CCCCCC2)c1)c1cccc(Cl)c1. The molecule has 154 valence electrons.